The average Bonchev–Trinajstić information content (AvgIpc) is 2.75. The summed E-state index contributed by atoms with van der Waals surface area (Å²) in [5.41, 5.74) is 0.638. The smallest absolute Gasteiger partial charge is 0.296 e. The van der Waals surface area contributed by atoms with Gasteiger partial charge in [0.15, 0.2) is 0 Å². The van der Waals surface area contributed by atoms with Crippen LogP contribution < -0.4 is 10.1 Å². The lowest BCUT2D eigenvalue weighted by Gasteiger charge is -2.13. The van der Waals surface area contributed by atoms with E-state index >= 15 is 0 Å². The van der Waals surface area contributed by atoms with E-state index in [2.05, 4.69) is 12.2 Å². The number of nitrogens with zero attached hydrogens (tertiary/aromatic N) is 1. The summed E-state index contributed by atoms with van der Waals surface area (Å²) in [5, 5.41) is 14.9. The molecule has 18 heavy (non-hydrogen) atoms. The first-order chi connectivity index (χ1) is 8.60. The summed E-state index contributed by atoms with van der Waals surface area (Å²) >= 11 is 1.89. The molecule has 0 amide bonds. The minimum absolute atomic E-state index is 0.0684. The Morgan fingerprint density at radius 1 is 1.56 bits per heavy atom. The van der Waals surface area contributed by atoms with Crippen molar-refractivity contribution in [3.8, 4) is 5.75 Å². The number of rotatable bonds is 4. The lowest BCUT2D eigenvalue weighted by Crippen LogP contribution is -2.19. The third-order valence-corrected chi connectivity index (χ3v) is 4.32. The molecule has 0 radical (unpaired) electrons. The van der Waals surface area contributed by atoms with Gasteiger partial charge in [0.05, 0.1) is 18.1 Å². The number of benzene rings is 1. The third kappa shape index (κ3) is 2.87. The van der Waals surface area contributed by atoms with Crippen molar-refractivity contribution in [3.05, 3.63) is 28.3 Å². The summed E-state index contributed by atoms with van der Waals surface area (Å²) in [4.78, 5) is 10.7. The molecule has 0 bridgehead atoms. The maximum Gasteiger partial charge on any atom is 0.296 e. The van der Waals surface area contributed by atoms with Gasteiger partial charge in [0.1, 0.15) is 11.4 Å². The van der Waals surface area contributed by atoms with Crippen LogP contribution in [0.1, 0.15) is 13.3 Å². The summed E-state index contributed by atoms with van der Waals surface area (Å²) in [7, 11) is 1.50. The van der Waals surface area contributed by atoms with Crippen LogP contribution in [-0.2, 0) is 0 Å². The van der Waals surface area contributed by atoms with Crippen molar-refractivity contribution in [1.29, 1.82) is 0 Å². The van der Waals surface area contributed by atoms with Crippen LogP contribution in [0.2, 0.25) is 0 Å². The second kappa shape index (κ2) is 5.48. The highest BCUT2D eigenvalue weighted by Gasteiger charge is 2.24. The highest BCUT2D eigenvalue weighted by atomic mass is 32.2. The summed E-state index contributed by atoms with van der Waals surface area (Å²) < 4.78 is 5.01. The zero-order chi connectivity index (χ0) is 13.1. The van der Waals surface area contributed by atoms with E-state index < -0.39 is 0 Å². The number of hydrogen-bond donors (Lipinski definition) is 1. The molecule has 1 aliphatic heterocycles. The van der Waals surface area contributed by atoms with Crippen LogP contribution in [0, 0.1) is 10.1 Å². The Bertz CT molecular complexity index is 453. The van der Waals surface area contributed by atoms with E-state index in [1.165, 1.54) is 13.2 Å². The number of nitro groups is 1. The number of thioether (sulfide) groups is 1. The Kier molecular flexibility index (Phi) is 3.96. The van der Waals surface area contributed by atoms with Crippen LogP contribution in [0.25, 0.3) is 0 Å². The summed E-state index contributed by atoms with van der Waals surface area (Å²) in [5.74, 6) is 1.49. The summed E-state index contributed by atoms with van der Waals surface area (Å²) in [6, 6.07) is 5.20. The van der Waals surface area contributed by atoms with E-state index in [9.17, 15) is 10.1 Å². The molecule has 0 saturated carbocycles. The molecule has 1 fully saturated rings. The van der Waals surface area contributed by atoms with Crippen LogP contribution >= 0.6 is 11.8 Å². The predicted octanol–water partition coefficient (Wildman–Crippen LogP) is 2.91. The molecule has 98 valence electrons. The Balaban J connectivity index is 2.18. The molecule has 0 aliphatic carbocycles. The first kappa shape index (κ1) is 13.0. The molecular formula is C12H16N2O3S. The molecule has 1 aliphatic rings. The first-order valence-corrected chi connectivity index (χ1v) is 6.85. The molecule has 1 saturated heterocycles. The first-order valence-electron chi connectivity index (χ1n) is 5.80. The quantitative estimate of drug-likeness (QED) is 0.672. The number of nitro benzene ring substituents is 1. The lowest BCUT2D eigenvalue weighted by molar-refractivity contribution is -0.384. The average molecular weight is 268 g/mol. The summed E-state index contributed by atoms with van der Waals surface area (Å²) in [6.45, 7) is 2.18. The van der Waals surface area contributed by atoms with Crippen molar-refractivity contribution in [2.75, 3.05) is 18.2 Å². The fourth-order valence-electron chi connectivity index (χ4n) is 2.05. The number of anilines is 1. The normalized spacial score (nSPS) is 22.8. The molecule has 0 spiro atoms. The second-order valence-corrected chi connectivity index (χ2v) is 5.83. The van der Waals surface area contributed by atoms with Gasteiger partial charge in [-0.05, 0) is 18.6 Å². The Morgan fingerprint density at radius 2 is 2.33 bits per heavy atom. The van der Waals surface area contributed by atoms with E-state index in [0.717, 1.165) is 12.2 Å². The topological polar surface area (TPSA) is 64.4 Å². The third-order valence-electron chi connectivity index (χ3n) is 2.96. The molecule has 0 aromatic heterocycles. The maximum atomic E-state index is 11.0. The summed E-state index contributed by atoms with van der Waals surface area (Å²) in [6.07, 6.45) is 1.04. The van der Waals surface area contributed by atoms with Crippen LogP contribution in [0.3, 0.4) is 0 Å². The van der Waals surface area contributed by atoms with Crippen molar-refractivity contribution in [2.24, 2.45) is 0 Å². The van der Waals surface area contributed by atoms with Gasteiger partial charge in [-0.25, -0.2) is 0 Å². The van der Waals surface area contributed by atoms with Gasteiger partial charge in [0.25, 0.3) is 5.69 Å². The number of ether oxygens (including phenoxy) is 1. The van der Waals surface area contributed by atoms with Crippen molar-refractivity contribution in [2.45, 2.75) is 24.6 Å². The van der Waals surface area contributed by atoms with Gasteiger partial charge >= 0.3 is 0 Å². The van der Waals surface area contributed by atoms with Crippen LogP contribution in [0.4, 0.5) is 11.4 Å². The van der Waals surface area contributed by atoms with Gasteiger partial charge in [-0.3, -0.25) is 10.1 Å². The largest absolute Gasteiger partial charge is 0.496 e. The van der Waals surface area contributed by atoms with Crippen molar-refractivity contribution >= 4 is 23.1 Å². The molecule has 6 heteroatoms. The number of hydrogen-bond acceptors (Lipinski definition) is 5. The van der Waals surface area contributed by atoms with Gasteiger partial charge in [0, 0.05) is 17.0 Å². The minimum atomic E-state index is -0.379. The molecule has 1 aromatic carbocycles. The molecule has 5 nitrogen and oxygen atoms in total. The van der Waals surface area contributed by atoms with Gasteiger partial charge in [0.2, 0.25) is 0 Å². The lowest BCUT2D eigenvalue weighted by atomic mass is 10.1. The van der Waals surface area contributed by atoms with Crippen molar-refractivity contribution in [1.82, 2.24) is 0 Å². The monoisotopic (exact) mass is 268 g/mol. The zero-order valence-electron chi connectivity index (χ0n) is 10.4. The second-order valence-electron chi connectivity index (χ2n) is 4.36. The predicted molar refractivity (Wildman–Crippen MR) is 73.6 cm³/mol. The SMILES string of the molecule is COc1ccc(NC2CSC(C)C2)c([N+](=O)[O-])c1. The molecule has 2 rings (SSSR count). The molecule has 1 aromatic rings. The Morgan fingerprint density at radius 3 is 2.89 bits per heavy atom. The maximum absolute atomic E-state index is 11.0. The number of methoxy groups -OCH3 is 1. The van der Waals surface area contributed by atoms with Crippen molar-refractivity contribution in [3.63, 3.8) is 0 Å². The Hall–Kier alpha value is -1.43. The molecule has 1 heterocycles. The minimum Gasteiger partial charge on any atom is -0.496 e. The van der Waals surface area contributed by atoms with E-state index in [1.807, 2.05) is 11.8 Å². The molecule has 1 N–H and O–H groups in total. The number of nitrogens with one attached hydrogen (secondary N) is 1. The molecule has 2 atom stereocenters. The van der Waals surface area contributed by atoms with Crippen LogP contribution in [0.5, 0.6) is 5.75 Å². The van der Waals surface area contributed by atoms with Gasteiger partial charge in [-0.15, -0.1) is 0 Å². The van der Waals surface area contributed by atoms with Crippen LogP contribution in [-0.4, -0.2) is 29.1 Å². The fourth-order valence-corrected chi connectivity index (χ4v) is 3.20. The van der Waals surface area contributed by atoms with E-state index in [-0.39, 0.29) is 10.6 Å². The highest BCUT2D eigenvalue weighted by molar-refractivity contribution is 8.00. The van der Waals surface area contributed by atoms with E-state index in [0.29, 0.717) is 22.7 Å². The van der Waals surface area contributed by atoms with Gasteiger partial charge < -0.3 is 10.1 Å². The van der Waals surface area contributed by atoms with Crippen molar-refractivity contribution < 1.29 is 9.66 Å². The van der Waals surface area contributed by atoms with E-state index in [1.54, 1.807) is 12.1 Å². The molecular weight excluding hydrogens is 252 g/mol. The fraction of sp³-hybridized carbons (Fsp3) is 0.500. The molecule has 2 unspecified atom stereocenters. The van der Waals surface area contributed by atoms with Gasteiger partial charge in [-0.1, -0.05) is 6.92 Å². The van der Waals surface area contributed by atoms with Gasteiger partial charge in [-0.2, -0.15) is 11.8 Å². The Labute approximate surface area is 110 Å². The van der Waals surface area contributed by atoms with Crippen LogP contribution in [0.15, 0.2) is 18.2 Å². The zero-order valence-corrected chi connectivity index (χ0v) is 11.2. The van der Waals surface area contributed by atoms with E-state index in [4.69, 9.17) is 4.74 Å². The standard InChI is InChI=1S/C12H16N2O3S/c1-8-5-9(7-18-8)13-11-4-3-10(17-2)6-12(11)14(15)16/h3-4,6,8-9,13H,5,7H2,1-2H3. The highest BCUT2D eigenvalue weighted by Crippen LogP contribution is 2.33.